The van der Waals surface area contributed by atoms with Gasteiger partial charge in [-0.15, -0.1) is 0 Å². The number of methoxy groups -OCH3 is 1. The molecule has 2 aromatic carbocycles. The zero-order valence-corrected chi connectivity index (χ0v) is 10.9. The molecule has 0 fully saturated rings. The van der Waals surface area contributed by atoms with Crippen LogP contribution in [-0.4, -0.2) is 23.3 Å². The SMILES string of the molecule is COc1cc(/C=C/c2ccc(O)cc2)ccc1C(=O)O. The van der Waals surface area contributed by atoms with Gasteiger partial charge in [0, 0.05) is 0 Å². The molecule has 4 heteroatoms. The molecule has 0 saturated heterocycles. The number of rotatable bonds is 4. The molecule has 0 bridgehead atoms. The molecule has 0 aromatic heterocycles. The number of aromatic hydroxyl groups is 1. The van der Waals surface area contributed by atoms with Gasteiger partial charge in [-0.3, -0.25) is 0 Å². The van der Waals surface area contributed by atoms with Gasteiger partial charge in [-0.25, -0.2) is 4.79 Å². The van der Waals surface area contributed by atoms with Crippen LogP contribution in [0.4, 0.5) is 0 Å². The summed E-state index contributed by atoms with van der Waals surface area (Å²) in [7, 11) is 1.44. The molecular formula is C16H14O4. The summed E-state index contributed by atoms with van der Waals surface area (Å²) >= 11 is 0. The Kier molecular flexibility index (Phi) is 4.05. The molecule has 0 unspecified atom stereocenters. The molecule has 0 amide bonds. The van der Waals surface area contributed by atoms with Crippen LogP contribution in [-0.2, 0) is 0 Å². The summed E-state index contributed by atoms with van der Waals surface area (Å²) in [6.07, 6.45) is 3.72. The summed E-state index contributed by atoms with van der Waals surface area (Å²) in [5, 5.41) is 18.2. The third kappa shape index (κ3) is 3.17. The fourth-order valence-corrected chi connectivity index (χ4v) is 1.77. The number of carbonyl (C=O) groups is 1. The Balaban J connectivity index is 2.25. The lowest BCUT2D eigenvalue weighted by Gasteiger charge is -2.05. The molecule has 2 N–H and O–H groups in total. The lowest BCUT2D eigenvalue weighted by Crippen LogP contribution is -2.00. The zero-order valence-electron chi connectivity index (χ0n) is 10.9. The first-order chi connectivity index (χ1) is 9.60. The fourth-order valence-electron chi connectivity index (χ4n) is 1.77. The second-order valence-electron chi connectivity index (χ2n) is 4.19. The Bertz CT molecular complexity index is 642. The molecule has 0 spiro atoms. The van der Waals surface area contributed by atoms with E-state index in [2.05, 4.69) is 0 Å². The monoisotopic (exact) mass is 270 g/mol. The third-order valence-corrected chi connectivity index (χ3v) is 2.82. The van der Waals surface area contributed by atoms with Crippen LogP contribution in [0.5, 0.6) is 11.5 Å². The molecular weight excluding hydrogens is 256 g/mol. The molecule has 20 heavy (non-hydrogen) atoms. The van der Waals surface area contributed by atoms with E-state index in [-0.39, 0.29) is 11.3 Å². The molecule has 0 saturated carbocycles. The first kappa shape index (κ1) is 13.7. The number of hydrogen-bond acceptors (Lipinski definition) is 3. The number of carboxylic acid groups (broad SMARTS) is 1. The molecule has 102 valence electrons. The van der Waals surface area contributed by atoms with Gasteiger partial charge >= 0.3 is 5.97 Å². The van der Waals surface area contributed by atoms with E-state index < -0.39 is 5.97 Å². The molecule has 4 nitrogen and oxygen atoms in total. The number of hydrogen-bond donors (Lipinski definition) is 2. The second kappa shape index (κ2) is 5.93. The van der Waals surface area contributed by atoms with Crippen LogP contribution in [0.25, 0.3) is 12.2 Å². The van der Waals surface area contributed by atoms with Crippen molar-refractivity contribution < 1.29 is 19.7 Å². The summed E-state index contributed by atoms with van der Waals surface area (Å²) < 4.78 is 5.07. The van der Waals surface area contributed by atoms with Gasteiger partial charge in [-0.05, 0) is 35.4 Å². The molecule has 0 radical (unpaired) electrons. The average Bonchev–Trinajstić information content (AvgIpc) is 2.46. The van der Waals surface area contributed by atoms with Crippen LogP contribution in [0.1, 0.15) is 21.5 Å². The summed E-state index contributed by atoms with van der Waals surface area (Å²) in [5.41, 5.74) is 1.90. The number of phenolic OH excluding ortho intramolecular Hbond substituents is 1. The highest BCUT2D eigenvalue weighted by Gasteiger charge is 2.10. The number of phenols is 1. The number of ether oxygens (including phenoxy) is 1. The Morgan fingerprint density at radius 2 is 1.65 bits per heavy atom. The van der Waals surface area contributed by atoms with Crippen LogP contribution in [0, 0.1) is 0 Å². The molecule has 0 aliphatic heterocycles. The lowest BCUT2D eigenvalue weighted by atomic mass is 10.1. The average molecular weight is 270 g/mol. The Morgan fingerprint density at radius 1 is 1.05 bits per heavy atom. The van der Waals surface area contributed by atoms with Crippen molar-refractivity contribution in [3.63, 3.8) is 0 Å². The molecule has 2 rings (SSSR count). The van der Waals surface area contributed by atoms with E-state index in [9.17, 15) is 9.90 Å². The lowest BCUT2D eigenvalue weighted by molar-refractivity contribution is 0.0693. The van der Waals surface area contributed by atoms with Crippen molar-refractivity contribution in [1.82, 2.24) is 0 Å². The van der Waals surface area contributed by atoms with Crippen LogP contribution >= 0.6 is 0 Å². The molecule has 0 heterocycles. The van der Waals surface area contributed by atoms with Crippen molar-refractivity contribution in [3.05, 3.63) is 59.2 Å². The minimum atomic E-state index is -1.02. The predicted octanol–water partition coefficient (Wildman–Crippen LogP) is 3.27. The highest BCUT2D eigenvalue weighted by molar-refractivity contribution is 5.91. The minimum absolute atomic E-state index is 0.134. The maximum atomic E-state index is 11.0. The predicted molar refractivity (Wildman–Crippen MR) is 77.0 cm³/mol. The van der Waals surface area contributed by atoms with Crippen molar-refractivity contribution >= 4 is 18.1 Å². The van der Waals surface area contributed by atoms with Gasteiger partial charge in [0.05, 0.1) is 7.11 Å². The molecule has 0 atom stereocenters. The summed E-state index contributed by atoms with van der Waals surface area (Å²) in [6, 6.07) is 11.7. The topological polar surface area (TPSA) is 66.8 Å². The van der Waals surface area contributed by atoms with Crippen LogP contribution < -0.4 is 4.74 Å². The van der Waals surface area contributed by atoms with Crippen molar-refractivity contribution in [1.29, 1.82) is 0 Å². The van der Waals surface area contributed by atoms with E-state index in [0.29, 0.717) is 5.75 Å². The van der Waals surface area contributed by atoms with E-state index >= 15 is 0 Å². The van der Waals surface area contributed by atoms with Gasteiger partial charge in [-0.2, -0.15) is 0 Å². The Labute approximate surface area is 116 Å². The fraction of sp³-hybridized carbons (Fsp3) is 0.0625. The van der Waals surface area contributed by atoms with Crippen LogP contribution in [0.3, 0.4) is 0 Å². The van der Waals surface area contributed by atoms with E-state index in [1.165, 1.54) is 13.2 Å². The quantitative estimate of drug-likeness (QED) is 0.837. The summed E-state index contributed by atoms with van der Waals surface area (Å²) in [4.78, 5) is 11.0. The number of carboxylic acids is 1. The van der Waals surface area contributed by atoms with Crippen LogP contribution in [0.15, 0.2) is 42.5 Å². The molecule has 2 aromatic rings. The standard InChI is InChI=1S/C16H14O4/c1-20-15-10-12(6-9-14(15)16(18)19)3-2-11-4-7-13(17)8-5-11/h2-10,17H,1H3,(H,18,19)/b3-2+. The Morgan fingerprint density at radius 3 is 2.25 bits per heavy atom. The first-order valence-electron chi connectivity index (χ1n) is 5.98. The van der Waals surface area contributed by atoms with Gasteiger partial charge in [-0.1, -0.05) is 30.4 Å². The van der Waals surface area contributed by atoms with Gasteiger partial charge in [0.2, 0.25) is 0 Å². The summed E-state index contributed by atoms with van der Waals surface area (Å²) in [5.74, 6) is -0.476. The Hall–Kier alpha value is -2.75. The van der Waals surface area contributed by atoms with Gasteiger partial charge in [0.15, 0.2) is 0 Å². The second-order valence-corrected chi connectivity index (χ2v) is 4.19. The third-order valence-electron chi connectivity index (χ3n) is 2.82. The van der Waals surface area contributed by atoms with E-state index in [4.69, 9.17) is 9.84 Å². The zero-order chi connectivity index (χ0) is 14.5. The largest absolute Gasteiger partial charge is 0.508 e. The highest BCUT2D eigenvalue weighted by atomic mass is 16.5. The molecule has 0 aliphatic rings. The normalized spacial score (nSPS) is 10.7. The molecule has 0 aliphatic carbocycles. The summed E-state index contributed by atoms with van der Waals surface area (Å²) in [6.45, 7) is 0. The van der Waals surface area contributed by atoms with Gasteiger partial charge in [0.1, 0.15) is 17.1 Å². The first-order valence-corrected chi connectivity index (χ1v) is 5.98. The van der Waals surface area contributed by atoms with E-state index in [1.807, 2.05) is 12.2 Å². The van der Waals surface area contributed by atoms with Crippen molar-refractivity contribution in [2.75, 3.05) is 7.11 Å². The van der Waals surface area contributed by atoms with E-state index in [0.717, 1.165) is 11.1 Å². The van der Waals surface area contributed by atoms with Crippen molar-refractivity contribution in [2.45, 2.75) is 0 Å². The van der Waals surface area contributed by atoms with Gasteiger partial charge in [0.25, 0.3) is 0 Å². The smallest absolute Gasteiger partial charge is 0.339 e. The van der Waals surface area contributed by atoms with Gasteiger partial charge < -0.3 is 14.9 Å². The minimum Gasteiger partial charge on any atom is -0.508 e. The maximum absolute atomic E-state index is 11.0. The number of benzene rings is 2. The maximum Gasteiger partial charge on any atom is 0.339 e. The van der Waals surface area contributed by atoms with Crippen molar-refractivity contribution in [2.24, 2.45) is 0 Å². The number of aromatic carboxylic acids is 1. The van der Waals surface area contributed by atoms with Crippen molar-refractivity contribution in [3.8, 4) is 11.5 Å². The van der Waals surface area contributed by atoms with E-state index in [1.54, 1.807) is 36.4 Å². The highest BCUT2D eigenvalue weighted by Crippen LogP contribution is 2.21. The van der Waals surface area contributed by atoms with Crippen LogP contribution in [0.2, 0.25) is 0 Å².